The molecule has 0 bridgehead atoms. The minimum atomic E-state index is -0.375. The second-order valence-electron chi connectivity index (χ2n) is 5.15. The molecule has 84 valence electrons. The van der Waals surface area contributed by atoms with Gasteiger partial charge in [-0.15, -0.1) is 0 Å². The Morgan fingerprint density at radius 2 is 1.73 bits per heavy atom. The van der Waals surface area contributed by atoms with Crippen LogP contribution in [0, 0.1) is 0 Å². The smallest absolute Gasteiger partial charge is 0.480 e. The molecule has 0 atom stereocenters. The first-order valence-corrected chi connectivity index (χ1v) is 5.22. The van der Waals surface area contributed by atoms with Gasteiger partial charge >= 0.3 is 7.12 Å². The van der Waals surface area contributed by atoms with E-state index in [0.717, 1.165) is 5.66 Å². The van der Waals surface area contributed by atoms with Gasteiger partial charge < -0.3 is 18.9 Å². The topological polar surface area (TPSA) is 30.9 Å². The van der Waals surface area contributed by atoms with Crippen LogP contribution in [0.1, 0.15) is 27.7 Å². The van der Waals surface area contributed by atoms with E-state index in [4.69, 9.17) is 14.0 Å². The molecule has 2 aliphatic rings. The van der Waals surface area contributed by atoms with Crippen LogP contribution in [0.25, 0.3) is 0 Å². The molecule has 0 radical (unpaired) electrons. The molecule has 15 heavy (non-hydrogen) atoms. The summed E-state index contributed by atoms with van der Waals surface area (Å²) in [6.45, 7) is 8.70. The Morgan fingerprint density at radius 3 is 2.13 bits per heavy atom. The molecule has 2 rings (SSSR count). The van der Waals surface area contributed by atoms with Gasteiger partial charge in [-0.05, 0) is 27.7 Å². The summed E-state index contributed by atoms with van der Waals surface area (Å²) in [4.78, 5) is 1.96. The van der Waals surface area contributed by atoms with Crippen LogP contribution in [0.15, 0.2) is 11.9 Å². The van der Waals surface area contributed by atoms with E-state index in [-0.39, 0.29) is 18.3 Å². The van der Waals surface area contributed by atoms with Gasteiger partial charge in [-0.3, -0.25) is 0 Å². The normalized spacial score (nSPS) is 27.9. The van der Waals surface area contributed by atoms with Gasteiger partial charge in [0, 0.05) is 13.2 Å². The highest BCUT2D eigenvalue weighted by molar-refractivity contribution is 6.53. The summed E-state index contributed by atoms with van der Waals surface area (Å²) in [6.07, 6.45) is 1.92. The summed E-state index contributed by atoms with van der Waals surface area (Å²) in [7, 11) is 1.58. The molecule has 0 aromatic rings. The zero-order valence-electron chi connectivity index (χ0n) is 10.0. The van der Waals surface area contributed by atoms with E-state index in [0.29, 0.717) is 6.73 Å². The van der Waals surface area contributed by atoms with E-state index in [2.05, 4.69) is 0 Å². The molecule has 1 fully saturated rings. The molecule has 2 heterocycles. The van der Waals surface area contributed by atoms with Gasteiger partial charge in [-0.25, -0.2) is 0 Å². The molecule has 0 N–H and O–H groups in total. The first-order valence-electron chi connectivity index (χ1n) is 5.22. The van der Waals surface area contributed by atoms with Crippen LogP contribution in [-0.2, 0) is 14.0 Å². The Balaban J connectivity index is 2.13. The summed E-state index contributed by atoms with van der Waals surface area (Å²) in [5.41, 5.74) is 0.155. The first kappa shape index (κ1) is 10.8. The average Bonchev–Trinajstić information content (AvgIpc) is 2.56. The van der Waals surface area contributed by atoms with Crippen molar-refractivity contribution >= 4 is 7.12 Å². The van der Waals surface area contributed by atoms with Gasteiger partial charge in [-0.2, -0.15) is 0 Å². The lowest BCUT2D eigenvalue weighted by Crippen LogP contribution is -2.41. The predicted molar refractivity (Wildman–Crippen MR) is 57.9 cm³/mol. The Hall–Kier alpha value is -0.675. The van der Waals surface area contributed by atoms with Crippen molar-refractivity contribution in [2.45, 2.75) is 38.9 Å². The van der Waals surface area contributed by atoms with E-state index in [1.165, 1.54) is 0 Å². The van der Waals surface area contributed by atoms with Crippen molar-refractivity contribution in [1.82, 2.24) is 4.90 Å². The Labute approximate surface area is 91.3 Å². The predicted octanol–water partition coefficient (Wildman–Crippen LogP) is 1.38. The molecule has 0 aliphatic carbocycles. The maximum absolute atomic E-state index is 5.85. The maximum Gasteiger partial charge on any atom is 0.533 e. The van der Waals surface area contributed by atoms with Crippen LogP contribution in [-0.4, -0.2) is 37.0 Å². The van der Waals surface area contributed by atoms with Crippen molar-refractivity contribution < 1.29 is 14.0 Å². The fraction of sp³-hybridized carbons (Fsp3) is 0.800. The standard InChI is InChI=1S/C10H18BNO3/c1-9(2)10(3,4)15-11(14-9)8-6-12(5)7-13-8/h6H,7H2,1-5H3. The molecule has 0 aromatic carbocycles. The molecule has 1 saturated heterocycles. The lowest BCUT2D eigenvalue weighted by molar-refractivity contribution is 0.00578. The zero-order valence-corrected chi connectivity index (χ0v) is 10.0. The third kappa shape index (κ3) is 1.74. The van der Waals surface area contributed by atoms with Gasteiger partial charge in [0.25, 0.3) is 0 Å². The molecule has 0 spiro atoms. The minimum absolute atomic E-state index is 0.303. The van der Waals surface area contributed by atoms with Crippen molar-refractivity contribution in [3.05, 3.63) is 11.9 Å². The van der Waals surface area contributed by atoms with E-state index in [1.807, 2.05) is 45.8 Å². The third-order valence-electron chi connectivity index (χ3n) is 3.27. The van der Waals surface area contributed by atoms with Gasteiger partial charge in [0.05, 0.1) is 11.2 Å². The lowest BCUT2D eigenvalue weighted by Gasteiger charge is -2.32. The number of nitrogens with zero attached hydrogens (tertiary/aromatic N) is 1. The van der Waals surface area contributed by atoms with Gasteiger partial charge in [0.15, 0.2) is 6.73 Å². The second kappa shape index (κ2) is 3.16. The second-order valence-corrected chi connectivity index (χ2v) is 5.15. The Morgan fingerprint density at radius 1 is 1.20 bits per heavy atom. The van der Waals surface area contributed by atoms with Crippen LogP contribution < -0.4 is 0 Å². The molecular formula is C10H18BNO3. The largest absolute Gasteiger partial charge is 0.533 e. The third-order valence-corrected chi connectivity index (χ3v) is 3.27. The van der Waals surface area contributed by atoms with Crippen molar-refractivity contribution in [2.75, 3.05) is 13.8 Å². The first-order chi connectivity index (χ1) is 6.82. The van der Waals surface area contributed by atoms with E-state index in [1.54, 1.807) is 0 Å². The molecule has 0 unspecified atom stereocenters. The molecule has 0 aromatic heterocycles. The van der Waals surface area contributed by atoms with Crippen LogP contribution in [0.5, 0.6) is 0 Å². The van der Waals surface area contributed by atoms with E-state index >= 15 is 0 Å². The SMILES string of the molecule is CN1C=C(B2OC(C)(C)C(C)(C)O2)OC1. The van der Waals surface area contributed by atoms with E-state index in [9.17, 15) is 0 Å². The van der Waals surface area contributed by atoms with Gasteiger partial charge in [0.2, 0.25) is 0 Å². The van der Waals surface area contributed by atoms with Crippen molar-refractivity contribution in [1.29, 1.82) is 0 Å². The Bertz CT molecular complexity index is 285. The lowest BCUT2D eigenvalue weighted by atomic mass is 9.87. The molecule has 2 aliphatic heterocycles. The minimum Gasteiger partial charge on any atom is -0.480 e. The van der Waals surface area contributed by atoms with Gasteiger partial charge in [0.1, 0.15) is 5.66 Å². The highest BCUT2D eigenvalue weighted by Crippen LogP contribution is 2.39. The summed E-state index contributed by atoms with van der Waals surface area (Å²) < 4.78 is 17.2. The van der Waals surface area contributed by atoms with Crippen LogP contribution in [0.3, 0.4) is 0 Å². The molecule has 5 heteroatoms. The van der Waals surface area contributed by atoms with Crippen molar-refractivity contribution in [3.63, 3.8) is 0 Å². The highest BCUT2D eigenvalue weighted by atomic mass is 16.7. The van der Waals surface area contributed by atoms with Crippen molar-refractivity contribution in [3.8, 4) is 0 Å². The molecule has 0 saturated carbocycles. The molecular weight excluding hydrogens is 193 g/mol. The summed E-state index contributed by atoms with van der Waals surface area (Å²) in [6, 6.07) is 0. The van der Waals surface area contributed by atoms with Crippen LogP contribution >= 0.6 is 0 Å². The number of ether oxygens (including phenoxy) is 1. The molecule has 0 amide bonds. The highest BCUT2D eigenvalue weighted by Gasteiger charge is 2.53. The fourth-order valence-electron chi connectivity index (χ4n) is 1.56. The summed E-state index contributed by atoms with van der Waals surface area (Å²) >= 11 is 0. The number of hydrogen-bond acceptors (Lipinski definition) is 4. The zero-order chi connectivity index (χ0) is 11.3. The molecule has 4 nitrogen and oxygen atoms in total. The quantitative estimate of drug-likeness (QED) is 0.613. The number of rotatable bonds is 1. The van der Waals surface area contributed by atoms with Gasteiger partial charge in [-0.1, -0.05) is 0 Å². The average molecular weight is 211 g/mol. The van der Waals surface area contributed by atoms with Crippen molar-refractivity contribution in [2.24, 2.45) is 0 Å². The monoisotopic (exact) mass is 211 g/mol. The fourth-order valence-corrected chi connectivity index (χ4v) is 1.56. The van der Waals surface area contributed by atoms with E-state index < -0.39 is 0 Å². The Kier molecular flexibility index (Phi) is 2.28. The maximum atomic E-state index is 5.85. The van der Waals surface area contributed by atoms with Crippen LogP contribution in [0.2, 0.25) is 0 Å². The van der Waals surface area contributed by atoms with Crippen LogP contribution in [0.4, 0.5) is 0 Å². The summed E-state index contributed by atoms with van der Waals surface area (Å²) in [5.74, 6) is 0. The number of hydrogen-bond donors (Lipinski definition) is 0. The summed E-state index contributed by atoms with van der Waals surface area (Å²) in [5, 5.41) is 0.